The predicted octanol–water partition coefficient (Wildman–Crippen LogP) is 7.16. The summed E-state index contributed by atoms with van der Waals surface area (Å²) in [5.41, 5.74) is 3.00. The van der Waals surface area contributed by atoms with Crippen molar-refractivity contribution in [2.75, 3.05) is 0 Å². The Morgan fingerprint density at radius 1 is 0.540 bits per heavy atom. The molecule has 0 heterocycles. The molecule has 0 aliphatic carbocycles. The molecule has 0 bridgehead atoms. The largest absolute Gasteiger partial charge is 0.436 e. The second-order valence-electron chi connectivity index (χ2n) is 21.2. The van der Waals surface area contributed by atoms with Gasteiger partial charge in [0.2, 0.25) is 8.32 Å². The first-order valence-corrected chi connectivity index (χ1v) is 44.5. The minimum atomic E-state index is -2.88. The standard InChI is InChI=1S/C48H90O7Si8/c1-37(44(49)62(12,13)55-63(14,15)54-61(10,11)36-33-43-29-23-18-24-30-43)46(50,57-6)39(3)48(52,58-7)40(4)47(51,59-34-31-41-25-19-16-20-26-41)38(2)45(56-5)53-60(8,9)35-32-42-27-21-17-22-28-42/h16-30,37-40,44-45,49-52H,31-36,56-59H2,1-15H3/t37-,38+,39-,40+,44?,45+,46?,47?,48?/m1/s1. The van der Waals surface area contributed by atoms with E-state index in [1.807, 2.05) is 26.0 Å². The third-order valence-electron chi connectivity index (χ3n) is 15.0. The van der Waals surface area contributed by atoms with Crippen LogP contribution in [-0.2, 0) is 31.9 Å². The lowest BCUT2D eigenvalue weighted by Gasteiger charge is -2.56. The summed E-state index contributed by atoms with van der Waals surface area (Å²) in [6.07, 6.45) is 2.84. The van der Waals surface area contributed by atoms with Crippen molar-refractivity contribution in [1.82, 2.24) is 0 Å². The first-order valence-electron chi connectivity index (χ1n) is 24.3. The van der Waals surface area contributed by atoms with Gasteiger partial charge in [-0.3, -0.25) is 0 Å². The number of aryl methyl sites for hydroxylation is 3. The third kappa shape index (κ3) is 15.6. The maximum absolute atomic E-state index is 13.5. The molecule has 15 heteroatoms. The Morgan fingerprint density at radius 3 is 1.38 bits per heavy atom. The van der Waals surface area contributed by atoms with Gasteiger partial charge in [-0.1, -0.05) is 144 Å². The van der Waals surface area contributed by atoms with Crippen LogP contribution in [0.15, 0.2) is 91.0 Å². The van der Waals surface area contributed by atoms with Gasteiger partial charge in [-0.15, -0.1) is 0 Å². The van der Waals surface area contributed by atoms with Gasteiger partial charge in [-0.25, -0.2) is 0 Å². The number of aliphatic hydroxyl groups excluding tert-OH is 1. The maximum atomic E-state index is 13.5. The molecule has 0 saturated heterocycles. The molecule has 0 fully saturated rings. The Kier molecular flexibility index (Phi) is 21.4. The molecule has 0 saturated carbocycles. The second-order valence-corrected chi connectivity index (χ2v) is 45.4. The Hall–Kier alpha value is -0.885. The van der Waals surface area contributed by atoms with E-state index in [-0.39, 0.29) is 11.6 Å². The van der Waals surface area contributed by atoms with Crippen molar-refractivity contribution in [3.8, 4) is 0 Å². The van der Waals surface area contributed by atoms with Crippen molar-refractivity contribution in [3.63, 3.8) is 0 Å². The summed E-state index contributed by atoms with van der Waals surface area (Å²) in [7, 11) is -14.2. The first kappa shape index (κ1) is 56.4. The Labute approximate surface area is 397 Å². The fourth-order valence-electron chi connectivity index (χ4n) is 10.8. The van der Waals surface area contributed by atoms with Gasteiger partial charge in [0, 0.05) is 29.4 Å². The van der Waals surface area contributed by atoms with Crippen molar-refractivity contribution < 1.29 is 33.1 Å². The molecule has 4 N–H and O–H groups in total. The average Bonchev–Trinajstić information content (AvgIpc) is 3.25. The Morgan fingerprint density at radius 2 is 0.952 bits per heavy atom. The summed E-state index contributed by atoms with van der Waals surface area (Å²) in [5.74, 6) is -1.72. The zero-order valence-electron chi connectivity index (χ0n) is 42.2. The van der Waals surface area contributed by atoms with Crippen molar-refractivity contribution in [2.24, 2.45) is 23.7 Å². The smallest absolute Gasteiger partial charge is 0.311 e. The first-order chi connectivity index (χ1) is 29.2. The SMILES string of the molecule is C[SiH2][C@H](O[Si](C)(C)CCc1ccccc1)[C@H](C)C(O)([SiH2]CCc1ccccc1)[C@H](C)C(O)([SiH2]C)[C@H](C)C(O)([SiH2]C)[C@H](C)C(O)[Si](C)(C)O[Si](C)(C)O[Si](C)(C)CCc1ccccc1. The molecule has 0 aliphatic heterocycles. The zero-order valence-corrected chi connectivity index (χ0v) is 51.9. The van der Waals surface area contributed by atoms with Crippen molar-refractivity contribution in [3.05, 3.63) is 108 Å². The second kappa shape index (κ2) is 23.9. The fraction of sp³-hybridized carbons (Fsp3) is 0.625. The number of benzene rings is 3. The van der Waals surface area contributed by atoms with Gasteiger partial charge in [0.05, 0.1) is 59.5 Å². The fourth-order valence-corrected chi connectivity index (χ4v) is 37.7. The highest BCUT2D eigenvalue weighted by molar-refractivity contribution is 6.88. The molecule has 3 rings (SSSR count). The molecule has 4 unspecified atom stereocenters. The summed E-state index contributed by atoms with van der Waals surface area (Å²) in [6.45, 7) is 32.4. The number of rotatable bonds is 28. The molecule has 9 atom stereocenters. The molecule has 7 nitrogen and oxygen atoms in total. The molecule has 0 aromatic heterocycles. The summed E-state index contributed by atoms with van der Waals surface area (Å²) in [5, 5.41) is 48.7. The van der Waals surface area contributed by atoms with Gasteiger partial charge in [-0.05, 0) is 100 Å². The summed E-state index contributed by atoms with van der Waals surface area (Å²) >= 11 is 0. The van der Waals surface area contributed by atoms with Crippen molar-refractivity contribution in [2.45, 2.75) is 164 Å². The van der Waals surface area contributed by atoms with Gasteiger partial charge < -0.3 is 33.1 Å². The molecule has 0 radical (unpaired) electrons. The highest BCUT2D eigenvalue weighted by Gasteiger charge is 2.59. The minimum absolute atomic E-state index is 0.0255. The molecule has 0 spiro atoms. The lowest BCUT2D eigenvalue weighted by Crippen LogP contribution is -2.70. The zero-order chi connectivity index (χ0) is 47.5. The van der Waals surface area contributed by atoms with Crippen molar-refractivity contribution >= 4 is 71.6 Å². The topological polar surface area (TPSA) is 109 Å². The van der Waals surface area contributed by atoms with E-state index in [2.05, 4.69) is 165 Å². The lowest BCUT2D eigenvalue weighted by atomic mass is 9.77. The van der Waals surface area contributed by atoms with E-state index in [1.54, 1.807) is 0 Å². The molecule has 3 aromatic rings. The number of hydrogen-bond acceptors (Lipinski definition) is 7. The van der Waals surface area contributed by atoms with Crippen LogP contribution >= 0.6 is 0 Å². The Balaban J connectivity index is 1.92. The molecule has 0 aliphatic rings. The monoisotopic (exact) mass is 1000 g/mol. The van der Waals surface area contributed by atoms with Crippen LogP contribution in [0.1, 0.15) is 44.4 Å². The normalized spacial score (nSPS) is 19.7. The van der Waals surface area contributed by atoms with E-state index in [9.17, 15) is 20.4 Å². The summed E-state index contributed by atoms with van der Waals surface area (Å²) < 4.78 is 21.2. The van der Waals surface area contributed by atoms with E-state index in [4.69, 9.17) is 12.7 Å². The molecular weight excluding hydrogens is 913 g/mol. The molecule has 63 heavy (non-hydrogen) atoms. The maximum Gasteiger partial charge on any atom is 0.311 e. The third-order valence-corrected chi connectivity index (χ3v) is 38.5. The van der Waals surface area contributed by atoms with Crippen molar-refractivity contribution in [1.29, 1.82) is 0 Å². The average molecular weight is 1000 g/mol. The van der Waals surface area contributed by atoms with Gasteiger partial charge in [0.25, 0.3) is 0 Å². The number of hydrogen-bond donors (Lipinski definition) is 4. The van der Waals surface area contributed by atoms with Crippen LogP contribution in [0.2, 0.25) is 90.1 Å². The van der Waals surface area contributed by atoms with Gasteiger partial charge in [0.15, 0.2) is 16.6 Å². The lowest BCUT2D eigenvalue weighted by molar-refractivity contribution is -0.137. The van der Waals surface area contributed by atoms with Gasteiger partial charge >= 0.3 is 8.56 Å². The van der Waals surface area contributed by atoms with E-state index < -0.39 is 111 Å². The van der Waals surface area contributed by atoms with Crippen LogP contribution in [0.25, 0.3) is 0 Å². The van der Waals surface area contributed by atoms with Crippen LogP contribution in [0, 0.1) is 23.7 Å². The van der Waals surface area contributed by atoms with Gasteiger partial charge in [0.1, 0.15) is 0 Å². The van der Waals surface area contributed by atoms with Crippen LogP contribution in [0.4, 0.5) is 0 Å². The number of aliphatic hydroxyl groups is 4. The van der Waals surface area contributed by atoms with Gasteiger partial charge in [-0.2, -0.15) is 0 Å². The van der Waals surface area contributed by atoms with E-state index in [0.717, 1.165) is 37.4 Å². The van der Waals surface area contributed by atoms with E-state index in [0.29, 0.717) is 0 Å². The molecular formula is C48H90O7Si8. The quantitative estimate of drug-likeness (QED) is 0.0573. The predicted molar refractivity (Wildman–Crippen MR) is 291 cm³/mol. The molecule has 3 aromatic carbocycles. The van der Waals surface area contributed by atoms with Crippen LogP contribution in [0.5, 0.6) is 0 Å². The highest BCUT2D eigenvalue weighted by Crippen LogP contribution is 2.46. The van der Waals surface area contributed by atoms with E-state index >= 15 is 0 Å². The Bertz CT molecular complexity index is 1780. The summed E-state index contributed by atoms with van der Waals surface area (Å²) in [4.78, 5) is 0. The molecule has 356 valence electrons. The van der Waals surface area contributed by atoms with Crippen LogP contribution in [-0.4, -0.2) is 119 Å². The molecule has 0 amide bonds. The van der Waals surface area contributed by atoms with E-state index in [1.165, 1.54) is 16.7 Å². The minimum Gasteiger partial charge on any atom is -0.436 e. The van der Waals surface area contributed by atoms with Crippen LogP contribution < -0.4 is 0 Å². The van der Waals surface area contributed by atoms with Crippen LogP contribution in [0.3, 0.4) is 0 Å². The summed E-state index contributed by atoms with van der Waals surface area (Å²) in [6, 6.07) is 34.7. The highest BCUT2D eigenvalue weighted by atomic mass is 28.5.